The van der Waals surface area contributed by atoms with Crippen LogP contribution < -0.4 is 10.6 Å². The van der Waals surface area contributed by atoms with Crippen molar-refractivity contribution in [2.45, 2.75) is 90.3 Å². The molecule has 0 spiro atoms. The van der Waals surface area contributed by atoms with Crippen LogP contribution in [0.2, 0.25) is 0 Å². The quantitative estimate of drug-likeness (QED) is 0.314. The molecule has 3 aromatic rings. The van der Waals surface area contributed by atoms with Crippen molar-refractivity contribution >= 4 is 28.7 Å². The number of aliphatic hydroxyl groups is 1. The fourth-order valence-electron chi connectivity index (χ4n) is 6.11. The molecule has 10 heteroatoms. The maximum absolute atomic E-state index is 14.5. The third kappa shape index (κ3) is 5.46. The molecule has 2 atom stereocenters. The predicted octanol–water partition coefficient (Wildman–Crippen LogP) is 6.73. The van der Waals surface area contributed by atoms with Crippen LogP contribution in [0.3, 0.4) is 0 Å². The molecule has 5 rings (SSSR count). The molecule has 3 N–H and O–H groups in total. The summed E-state index contributed by atoms with van der Waals surface area (Å²) in [4.78, 5) is 13.9. The number of fused-ring (bicyclic) bond motifs is 1. The van der Waals surface area contributed by atoms with Crippen molar-refractivity contribution in [3.63, 3.8) is 0 Å². The number of imidazole rings is 1. The molecule has 0 bridgehead atoms. The number of rotatable bonds is 7. The Kier molecular flexibility index (Phi) is 7.28. The smallest absolute Gasteiger partial charge is 0.224 e. The van der Waals surface area contributed by atoms with Crippen molar-refractivity contribution in [2.75, 3.05) is 10.6 Å². The second-order valence-corrected chi connectivity index (χ2v) is 11.9. The van der Waals surface area contributed by atoms with E-state index in [1.807, 2.05) is 4.57 Å². The number of hydrogen-bond acceptors (Lipinski definition) is 6. The number of nitrogens with zero attached hydrogens (tertiary/aromatic N) is 4. The molecule has 38 heavy (non-hydrogen) atoms. The summed E-state index contributed by atoms with van der Waals surface area (Å²) in [6.45, 7) is 8.15. The summed E-state index contributed by atoms with van der Waals surface area (Å²) in [6.07, 6.45) is 8.25. The van der Waals surface area contributed by atoms with Gasteiger partial charge in [0.2, 0.25) is 11.9 Å². The lowest BCUT2D eigenvalue weighted by molar-refractivity contribution is 0.0186. The van der Waals surface area contributed by atoms with E-state index in [2.05, 4.69) is 34.4 Å². The predicted molar refractivity (Wildman–Crippen MR) is 142 cm³/mol. The second-order valence-electron chi connectivity index (χ2n) is 11.9. The first-order valence-corrected chi connectivity index (χ1v) is 13.6. The Labute approximate surface area is 221 Å². The van der Waals surface area contributed by atoms with Crippen LogP contribution in [0.5, 0.6) is 0 Å². The summed E-state index contributed by atoms with van der Waals surface area (Å²) in [7, 11) is 0. The van der Waals surface area contributed by atoms with Crippen molar-refractivity contribution < 1.29 is 18.3 Å². The molecule has 2 aliphatic rings. The van der Waals surface area contributed by atoms with Crippen LogP contribution in [0.25, 0.3) is 11.2 Å². The minimum atomic E-state index is -1.05. The highest BCUT2D eigenvalue weighted by Gasteiger charge is 2.37. The third-order valence-electron chi connectivity index (χ3n) is 8.49. The van der Waals surface area contributed by atoms with Crippen LogP contribution in [-0.2, 0) is 0 Å². The Hall–Kier alpha value is -2.88. The summed E-state index contributed by atoms with van der Waals surface area (Å²) >= 11 is 0. The van der Waals surface area contributed by atoms with Gasteiger partial charge in [-0.15, -0.1) is 0 Å². The fraction of sp³-hybridized carbons (Fsp3) is 0.607. The van der Waals surface area contributed by atoms with Crippen LogP contribution in [0.15, 0.2) is 18.3 Å². The first-order chi connectivity index (χ1) is 18.0. The van der Waals surface area contributed by atoms with Gasteiger partial charge in [-0.3, -0.25) is 4.57 Å². The zero-order valence-corrected chi connectivity index (χ0v) is 22.4. The summed E-state index contributed by atoms with van der Waals surface area (Å²) in [5, 5.41) is 16.9. The van der Waals surface area contributed by atoms with Gasteiger partial charge < -0.3 is 15.7 Å². The van der Waals surface area contributed by atoms with Gasteiger partial charge in [-0.25, -0.2) is 23.1 Å². The van der Waals surface area contributed by atoms with Crippen molar-refractivity contribution in [3.8, 4) is 0 Å². The van der Waals surface area contributed by atoms with Gasteiger partial charge in [0.05, 0.1) is 11.8 Å². The Morgan fingerprint density at radius 3 is 2.29 bits per heavy atom. The average Bonchev–Trinajstić information content (AvgIpc) is 3.46. The second kappa shape index (κ2) is 10.4. The van der Waals surface area contributed by atoms with Gasteiger partial charge in [0.25, 0.3) is 0 Å². The summed E-state index contributed by atoms with van der Waals surface area (Å²) in [6, 6.07) is 1.45. The van der Waals surface area contributed by atoms with Gasteiger partial charge >= 0.3 is 0 Å². The molecule has 206 valence electrons. The van der Waals surface area contributed by atoms with Crippen LogP contribution in [0.4, 0.5) is 30.8 Å². The number of nitrogens with one attached hydrogen (secondary N) is 2. The van der Waals surface area contributed by atoms with E-state index in [-0.39, 0.29) is 23.9 Å². The maximum Gasteiger partial charge on any atom is 0.224 e. The zero-order valence-electron chi connectivity index (χ0n) is 22.4. The summed E-state index contributed by atoms with van der Waals surface area (Å²) in [5.74, 6) is -0.924. The van der Waals surface area contributed by atoms with E-state index in [0.717, 1.165) is 31.6 Å². The van der Waals surface area contributed by atoms with Gasteiger partial charge in [0, 0.05) is 24.2 Å². The summed E-state index contributed by atoms with van der Waals surface area (Å²) in [5.41, 5.74) is -0.306. The standard InChI is InChI=1S/C28H37F3N6O/c1-15(2)16-5-8-19(9-6-16)33-26-32-14-23-25(36-26)37(20-10-7-17(11-20)28(3,4)38)27(34-23)35-24-21(30)12-18(29)13-22(24)31/h12-17,19-20,38H,5-11H2,1-4H3,(H,34,35)(H,32,33,36)/t16?,17-,19?,20+/m1/s1. The van der Waals surface area contributed by atoms with E-state index in [0.29, 0.717) is 41.6 Å². The van der Waals surface area contributed by atoms with E-state index < -0.39 is 28.7 Å². The van der Waals surface area contributed by atoms with E-state index in [9.17, 15) is 18.3 Å². The van der Waals surface area contributed by atoms with Gasteiger partial charge in [0.1, 0.15) is 17.0 Å². The molecule has 0 amide bonds. The first-order valence-electron chi connectivity index (χ1n) is 13.6. The minimum Gasteiger partial charge on any atom is -0.390 e. The van der Waals surface area contributed by atoms with Crippen molar-refractivity contribution in [1.82, 2.24) is 19.5 Å². The topological polar surface area (TPSA) is 87.9 Å². The van der Waals surface area contributed by atoms with Gasteiger partial charge in [-0.1, -0.05) is 13.8 Å². The molecule has 0 radical (unpaired) electrons. The Morgan fingerprint density at radius 2 is 1.68 bits per heavy atom. The number of hydrogen-bond donors (Lipinski definition) is 3. The minimum absolute atomic E-state index is 0.0488. The lowest BCUT2D eigenvalue weighted by Gasteiger charge is -2.31. The molecule has 7 nitrogen and oxygen atoms in total. The average molecular weight is 531 g/mol. The molecule has 2 saturated carbocycles. The Balaban J connectivity index is 1.48. The highest BCUT2D eigenvalue weighted by Crippen LogP contribution is 2.43. The molecule has 0 saturated heterocycles. The maximum atomic E-state index is 14.5. The van der Waals surface area contributed by atoms with Crippen molar-refractivity contribution in [3.05, 3.63) is 35.8 Å². The molecule has 0 aliphatic heterocycles. The number of benzene rings is 1. The van der Waals surface area contributed by atoms with Crippen LogP contribution in [0, 0.1) is 35.2 Å². The molecule has 0 unspecified atom stereocenters. The first kappa shape index (κ1) is 26.7. The van der Waals surface area contributed by atoms with Gasteiger partial charge in [0.15, 0.2) is 17.3 Å². The molecule has 1 aromatic carbocycles. The summed E-state index contributed by atoms with van der Waals surface area (Å²) < 4.78 is 44.4. The normalized spacial score (nSPS) is 24.3. The van der Waals surface area contributed by atoms with Gasteiger partial charge in [-0.2, -0.15) is 4.98 Å². The Morgan fingerprint density at radius 1 is 1.00 bits per heavy atom. The van der Waals surface area contributed by atoms with E-state index in [1.165, 1.54) is 12.8 Å². The molecular formula is C28H37F3N6O. The van der Waals surface area contributed by atoms with E-state index in [4.69, 9.17) is 4.98 Å². The molecule has 2 aliphatic carbocycles. The highest BCUT2D eigenvalue weighted by atomic mass is 19.1. The van der Waals surface area contributed by atoms with Crippen LogP contribution in [-0.4, -0.2) is 36.3 Å². The molecule has 2 aromatic heterocycles. The van der Waals surface area contributed by atoms with Crippen LogP contribution >= 0.6 is 0 Å². The number of anilines is 3. The third-order valence-corrected chi connectivity index (χ3v) is 8.49. The lowest BCUT2D eigenvalue weighted by atomic mass is 9.80. The fourth-order valence-corrected chi connectivity index (χ4v) is 6.11. The monoisotopic (exact) mass is 530 g/mol. The van der Waals surface area contributed by atoms with Crippen molar-refractivity contribution in [1.29, 1.82) is 0 Å². The number of aromatic nitrogens is 4. The van der Waals surface area contributed by atoms with Crippen LogP contribution in [0.1, 0.15) is 78.7 Å². The SMILES string of the molecule is CC(C)C1CCC(Nc2ncc3nc(Nc4c(F)cc(F)cc4F)n([C@H]4CC[C@@H](C(C)(C)O)C4)c3n2)CC1. The molecule has 2 fully saturated rings. The largest absolute Gasteiger partial charge is 0.390 e. The molecular weight excluding hydrogens is 493 g/mol. The van der Waals surface area contributed by atoms with E-state index >= 15 is 0 Å². The van der Waals surface area contributed by atoms with Gasteiger partial charge in [-0.05, 0) is 76.5 Å². The zero-order chi connectivity index (χ0) is 27.2. The molecule has 2 heterocycles. The number of halogens is 3. The van der Waals surface area contributed by atoms with Crippen molar-refractivity contribution in [2.24, 2.45) is 17.8 Å². The van der Waals surface area contributed by atoms with E-state index in [1.54, 1.807) is 20.0 Å². The highest BCUT2D eigenvalue weighted by molar-refractivity contribution is 5.76. The lowest BCUT2D eigenvalue weighted by Crippen LogP contribution is -2.29. The Bertz CT molecular complexity index is 1270.